The number of hydrogen-bond acceptors (Lipinski definition) is 3. The first-order valence-electron chi connectivity index (χ1n) is 5.75. The smallest absolute Gasteiger partial charge is 0.132 e. The van der Waals surface area contributed by atoms with Crippen LogP contribution in [0.2, 0.25) is 0 Å². The van der Waals surface area contributed by atoms with Crippen molar-refractivity contribution in [3.8, 4) is 16.9 Å². The predicted octanol–water partition coefficient (Wildman–Crippen LogP) is 3.28. The number of imidazole rings is 1. The fourth-order valence-corrected chi connectivity index (χ4v) is 2.20. The molecule has 0 amide bonds. The summed E-state index contributed by atoms with van der Waals surface area (Å²) in [4.78, 5) is 8.32. The number of pyridine rings is 1. The topological polar surface area (TPSA) is 56.7 Å². The number of halogens is 1. The lowest BCUT2D eigenvalue weighted by Gasteiger charge is -2.09. The van der Waals surface area contributed by atoms with Crippen molar-refractivity contribution in [2.24, 2.45) is 0 Å². The molecule has 0 spiro atoms. The second-order valence-electron chi connectivity index (χ2n) is 4.06. The Morgan fingerprint density at radius 1 is 1.11 bits per heavy atom. The van der Waals surface area contributed by atoms with Gasteiger partial charge in [-0.05, 0) is 36.4 Å². The van der Waals surface area contributed by atoms with E-state index in [1.807, 2.05) is 41.0 Å². The van der Waals surface area contributed by atoms with Crippen molar-refractivity contribution in [1.29, 1.82) is 0 Å². The minimum absolute atomic E-state index is 0.501. The molecule has 2 heterocycles. The third-order valence-corrected chi connectivity index (χ3v) is 3.39. The fourth-order valence-electron chi connectivity index (χ4n) is 1.94. The molecule has 0 aliphatic carbocycles. The Labute approximate surface area is 119 Å². The van der Waals surface area contributed by atoms with Crippen LogP contribution in [0.1, 0.15) is 0 Å². The van der Waals surface area contributed by atoms with Crippen molar-refractivity contribution in [2.75, 3.05) is 5.73 Å². The lowest BCUT2D eigenvalue weighted by Crippen LogP contribution is -1.99. The van der Waals surface area contributed by atoms with Gasteiger partial charge in [0.25, 0.3) is 0 Å². The fraction of sp³-hybridized carbons (Fsp3) is 0. The van der Waals surface area contributed by atoms with E-state index in [1.54, 1.807) is 18.7 Å². The molecule has 94 valence electrons. The largest absolute Gasteiger partial charge is 0.383 e. The van der Waals surface area contributed by atoms with Gasteiger partial charge >= 0.3 is 0 Å². The maximum absolute atomic E-state index is 5.92. The van der Waals surface area contributed by atoms with E-state index in [1.165, 1.54) is 0 Å². The number of nitrogens with two attached hydrogens (primary N) is 1. The Hall–Kier alpha value is -2.14. The molecule has 3 aromatic rings. The second kappa shape index (κ2) is 4.85. The van der Waals surface area contributed by atoms with Crippen LogP contribution in [-0.4, -0.2) is 14.5 Å². The van der Waals surface area contributed by atoms with Crippen LogP contribution in [0.25, 0.3) is 16.9 Å². The van der Waals surface area contributed by atoms with Crippen LogP contribution < -0.4 is 5.73 Å². The zero-order chi connectivity index (χ0) is 13.2. The highest BCUT2D eigenvalue weighted by atomic mass is 79.9. The lowest BCUT2D eigenvalue weighted by atomic mass is 10.2. The van der Waals surface area contributed by atoms with Crippen LogP contribution in [0.5, 0.6) is 0 Å². The number of rotatable bonds is 2. The minimum atomic E-state index is 0.501. The van der Waals surface area contributed by atoms with Gasteiger partial charge in [-0.1, -0.05) is 15.9 Å². The van der Waals surface area contributed by atoms with Crippen LogP contribution >= 0.6 is 15.9 Å². The normalized spacial score (nSPS) is 10.6. The van der Waals surface area contributed by atoms with E-state index < -0.39 is 0 Å². The maximum Gasteiger partial charge on any atom is 0.132 e. The van der Waals surface area contributed by atoms with Gasteiger partial charge in [-0.25, -0.2) is 9.97 Å². The van der Waals surface area contributed by atoms with E-state index in [9.17, 15) is 0 Å². The van der Waals surface area contributed by atoms with Crippen molar-refractivity contribution < 1.29 is 0 Å². The standard InChI is InChI=1S/C14H11BrN4/c15-10-3-5-11(6-4-10)19-9-17-8-13(19)12-2-1-7-18-14(12)16/h1-9H,(H2,16,18). The van der Waals surface area contributed by atoms with Crippen molar-refractivity contribution in [1.82, 2.24) is 14.5 Å². The molecule has 3 rings (SSSR count). The zero-order valence-electron chi connectivity index (χ0n) is 9.99. The number of nitrogen functional groups attached to an aromatic ring is 1. The van der Waals surface area contributed by atoms with E-state index in [0.717, 1.165) is 21.4 Å². The maximum atomic E-state index is 5.92. The summed E-state index contributed by atoms with van der Waals surface area (Å²) in [6.45, 7) is 0. The highest BCUT2D eigenvalue weighted by molar-refractivity contribution is 9.10. The Morgan fingerprint density at radius 3 is 2.63 bits per heavy atom. The van der Waals surface area contributed by atoms with Crippen LogP contribution in [0.4, 0.5) is 5.82 Å². The van der Waals surface area contributed by atoms with Crippen molar-refractivity contribution in [3.63, 3.8) is 0 Å². The Kier molecular flexibility index (Phi) is 3.05. The monoisotopic (exact) mass is 314 g/mol. The van der Waals surface area contributed by atoms with E-state index in [0.29, 0.717) is 5.82 Å². The van der Waals surface area contributed by atoms with Gasteiger partial charge in [0.2, 0.25) is 0 Å². The average molecular weight is 315 g/mol. The summed E-state index contributed by atoms with van der Waals surface area (Å²) in [6.07, 6.45) is 5.24. The van der Waals surface area contributed by atoms with E-state index in [-0.39, 0.29) is 0 Å². The van der Waals surface area contributed by atoms with Crippen LogP contribution in [0.3, 0.4) is 0 Å². The molecule has 19 heavy (non-hydrogen) atoms. The first-order chi connectivity index (χ1) is 9.25. The molecule has 0 bridgehead atoms. The first kappa shape index (κ1) is 11.9. The van der Waals surface area contributed by atoms with Gasteiger partial charge in [0.05, 0.1) is 18.2 Å². The van der Waals surface area contributed by atoms with Gasteiger partial charge in [0.15, 0.2) is 0 Å². The molecular formula is C14H11BrN4. The average Bonchev–Trinajstić information content (AvgIpc) is 2.89. The molecule has 0 unspecified atom stereocenters. The number of aromatic nitrogens is 3. The molecule has 0 saturated carbocycles. The molecule has 0 fully saturated rings. The second-order valence-corrected chi connectivity index (χ2v) is 4.98. The van der Waals surface area contributed by atoms with Gasteiger partial charge in [-0.2, -0.15) is 0 Å². The molecule has 0 atom stereocenters. The van der Waals surface area contributed by atoms with E-state index >= 15 is 0 Å². The zero-order valence-corrected chi connectivity index (χ0v) is 11.6. The summed E-state index contributed by atoms with van der Waals surface area (Å²) in [5.41, 5.74) is 8.75. The number of hydrogen-bond donors (Lipinski definition) is 1. The summed E-state index contributed by atoms with van der Waals surface area (Å²) in [7, 11) is 0. The van der Waals surface area contributed by atoms with Crippen LogP contribution in [-0.2, 0) is 0 Å². The highest BCUT2D eigenvalue weighted by Crippen LogP contribution is 2.26. The van der Waals surface area contributed by atoms with Gasteiger partial charge in [0.1, 0.15) is 5.82 Å². The van der Waals surface area contributed by atoms with Gasteiger partial charge in [-0.15, -0.1) is 0 Å². The molecule has 0 aliphatic rings. The summed E-state index contributed by atoms with van der Waals surface area (Å²) in [5, 5.41) is 0. The van der Waals surface area contributed by atoms with Crippen LogP contribution in [0.15, 0.2) is 59.6 Å². The third-order valence-electron chi connectivity index (χ3n) is 2.86. The predicted molar refractivity (Wildman–Crippen MR) is 78.9 cm³/mol. The molecule has 1 aromatic carbocycles. The molecule has 0 aliphatic heterocycles. The van der Waals surface area contributed by atoms with Crippen molar-refractivity contribution in [3.05, 3.63) is 59.6 Å². The van der Waals surface area contributed by atoms with Gasteiger partial charge < -0.3 is 5.73 Å². The Bertz CT molecular complexity index is 703. The summed E-state index contributed by atoms with van der Waals surface area (Å²) in [5.74, 6) is 0.501. The lowest BCUT2D eigenvalue weighted by molar-refractivity contribution is 1.06. The highest BCUT2D eigenvalue weighted by Gasteiger charge is 2.10. The molecular weight excluding hydrogens is 304 g/mol. The molecule has 2 N–H and O–H groups in total. The Balaban J connectivity index is 2.13. The Morgan fingerprint density at radius 2 is 1.89 bits per heavy atom. The third kappa shape index (κ3) is 2.24. The van der Waals surface area contributed by atoms with Crippen molar-refractivity contribution >= 4 is 21.7 Å². The van der Waals surface area contributed by atoms with E-state index in [4.69, 9.17) is 5.73 Å². The van der Waals surface area contributed by atoms with Crippen molar-refractivity contribution in [2.45, 2.75) is 0 Å². The molecule has 0 radical (unpaired) electrons. The molecule has 0 saturated heterocycles. The molecule has 4 nitrogen and oxygen atoms in total. The minimum Gasteiger partial charge on any atom is -0.383 e. The number of anilines is 1. The van der Waals surface area contributed by atoms with Gasteiger partial charge in [-0.3, -0.25) is 4.57 Å². The van der Waals surface area contributed by atoms with Gasteiger partial charge in [0, 0.05) is 21.9 Å². The molecule has 2 aromatic heterocycles. The quantitative estimate of drug-likeness (QED) is 0.789. The van der Waals surface area contributed by atoms with Crippen LogP contribution in [0, 0.1) is 0 Å². The van der Waals surface area contributed by atoms with E-state index in [2.05, 4.69) is 25.9 Å². The summed E-state index contributed by atoms with van der Waals surface area (Å²) >= 11 is 3.43. The molecule has 5 heteroatoms. The summed E-state index contributed by atoms with van der Waals surface area (Å²) in [6, 6.07) is 11.8. The summed E-state index contributed by atoms with van der Waals surface area (Å²) < 4.78 is 3.03. The number of nitrogens with zero attached hydrogens (tertiary/aromatic N) is 3. The SMILES string of the molecule is Nc1ncccc1-c1cncn1-c1ccc(Br)cc1. The number of benzene rings is 1. The first-order valence-corrected chi connectivity index (χ1v) is 6.54.